The van der Waals surface area contributed by atoms with Gasteiger partial charge in [0.05, 0.1) is 12.0 Å². The molecule has 9 heteroatoms. The van der Waals surface area contributed by atoms with Crippen molar-refractivity contribution < 1.29 is 19.2 Å². The van der Waals surface area contributed by atoms with Crippen molar-refractivity contribution in [3.63, 3.8) is 0 Å². The van der Waals surface area contributed by atoms with Gasteiger partial charge in [-0.3, -0.25) is 10.1 Å². The summed E-state index contributed by atoms with van der Waals surface area (Å²) in [6.45, 7) is 0. The second-order valence-electron chi connectivity index (χ2n) is 3.00. The van der Waals surface area contributed by atoms with E-state index in [2.05, 4.69) is 10.1 Å². The van der Waals surface area contributed by atoms with Crippen LogP contribution in [0, 0.1) is 10.1 Å². The minimum Gasteiger partial charge on any atom is -0.452 e. The second-order valence-corrected chi connectivity index (χ2v) is 3.00. The lowest BCUT2D eigenvalue weighted by Gasteiger charge is -2.07. The number of hydrogen-bond acceptors (Lipinski definition) is 5. The van der Waals surface area contributed by atoms with Crippen molar-refractivity contribution in [3.05, 3.63) is 34.4 Å². The molecule has 0 bridgehead atoms. The van der Waals surface area contributed by atoms with Crippen LogP contribution in [0.5, 0.6) is 0 Å². The van der Waals surface area contributed by atoms with Crippen molar-refractivity contribution in [3.8, 4) is 0 Å². The standard InChI is InChI=1S/C9H10N4O5/c1-18-9(15)12-11-8(14)10-6-2-4-7(5-3-6)13(16)17/h2-5H,1H3,(H,12,15)(H2,10,11,14). The number of methoxy groups -OCH3 is 1. The number of hydrogen-bond donors (Lipinski definition) is 3. The zero-order valence-electron chi connectivity index (χ0n) is 9.30. The SMILES string of the molecule is COC(=O)NNC(=O)Nc1ccc([N+](=O)[O-])cc1. The second kappa shape index (κ2) is 6.03. The van der Waals surface area contributed by atoms with Gasteiger partial charge in [-0.15, -0.1) is 0 Å². The molecule has 0 atom stereocenters. The van der Waals surface area contributed by atoms with Crippen LogP contribution >= 0.6 is 0 Å². The van der Waals surface area contributed by atoms with E-state index in [9.17, 15) is 19.7 Å². The number of urea groups is 1. The molecule has 0 saturated heterocycles. The highest BCUT2D eigenvalue weighted by atomic mass is 16.6. The molecule has 0 aliphatic heterocycles. The number of nitro benzene ring substituents is 1. The first-order chi connectivity index (χ1) is 8.52. The van der Waals surface area contributed by atoms with Crippen molar-refractivity contribution in [2.45, 2.75) is 0 Å². The van der Waals surface area contributed by atoms with Gasteiger partial charge in [0.25, 0.3) is 5.69 Å². The van der Waals surface area contributed by atoms with Crippen molar-refractivity contribution >= 4 is 23.5 Å². The van der Waals surface area contributed by atoms with Crippen molar-refractivity contribution in [1.82, 2.24) is 10.9 Å². The third kappa shape index (κ3) is 3.96. The van der Waals surface area contributed by atoms with E-state index in [-0.39, 0.29) is 5.69 Å². The predicted octanol–water partition coefficient (Wildman–Crippen LogP) is 0.987. The summed E-state index contributed by atoms with van der Waals surface area (Å²) in [7, 11) is 1.14. The van der Waals surface area contributed by atoms with E-state index in [1.807, 2.05) is 10.9 Å². The molecule has 0 unspecified atom stereocenters. The molecule has 9 nitrogen and oxygen atoms in total. The summed E-state index contributed by atoms with van der Waals surface area (Å²) in [6.07, 6.45) is -0.825. The summed E-state index contributed by atoms with van der Waals surface area (Å²) >= 11 is 0. The molecular weight excluding hydrogens is 244 g/mol. The summed E-state index contributed by atoms with van der Waals surface area (Å²) in [5.74, 6) is 0. The molecule has 0 aliphatic carbocycles. The minimum atomic E-state index is -0.825. The Balaban J connectivity index is 2.49. The number of nitro groups is 1. The highest BCUT2D eigenvalue weighted by molar-refractivity contribution is 5.90. The van der Waals surface area contributed by atoms with Crippen LogP contribution in [0.3, 0.4) is 0 Å². The van der Waals surface area contributed by atoms with Gasteiger partial charge in [0, 0.05) is 17.8 Å². The number of benzene rings is 1. The first-order valence-electron chi connectivity index (χ1n) is 4.68. The number of non-ortho nitro benzene ring substituents is 1. The summed E-state index contributed by atoms with van der Waals surface area (Å²) in [5.41, 5.74) is 4.21. The molecule has 0 saturated carbocycles. The van der Waals surface area contributed by atoms with Crippen molar-refractivity contribution in [1.29, 1.82) is 0 Å². The van der Waals surface area contributed by atoms with E-state index in [4.69, 9.17) is 0 Å². The Morgan fingerprint density at radius 3 is 2.33 bits per heavy atom. The van der Waals surface area contributed by atoms with Crippen molar-refractivity contribution in [2.75, 3.05) is 12.4 Å². The van der Waals surface area contributed by atoms with Crippen LogP contribution in [0.2, 0.25) is 0 Å². The number of carbonyl (C=O) groups excluding carboxylic acids is 2. The number of nitrogens with zero attached hydrogens (tertiary/aromatic N) is 1. The van der Waals surface area contributed by atoms with Crippen LogP contribution in [-0.4, -0.2) is 24.2 Å². The van der Waals surface area contributed by atoms with Crippen LogP contribution in [0.1, 0.15) is 0 Å². The van der Waals surface area contributed by atoms with Crippen molar-refractivity contribution in [2.24, 2.45) is 0 Å². The smallest absolute Gasteiger partial charge is 0.425 e. The molecule has 3 N–H and O–H groups in total. The number of anilines is 1. The Morgan fingerprint density at radius 1 is 1.22 bits per heavy atom. The van der Waals surface area contributed by atoms with Gasteiger partial charge in [0.2, 0.25) is 0 Å². The molecule has 0 aromatic heterocycles. The highest BCUT2D eigenvalue weighted by Gasteiger charge is 2.06. The third-order valence-corrected chi connectivity index (χ3v) is 1.80. The van der Waals surface area contributed by atoms with Crippen LogP contribution in [0.4, 0.5) is 21.0 Å². The van der Waals surface area contributed by atoms with Crippen LogP contribution in [0.25, 0.3) is 0 Å². The fourth-order valence-electron chi connectivity index (χ4n) is 0.988. The number of rotatable bonds is 2. The van der Waals surface area contributed by atoms with Gasteiger partial charge in [-0.05, 0) is 12.1 Å². The molecule has 96 valence electrons. The average Bonchev–Trinajstić information content (AvgIpc) is 2.36. The van der Waals surface area contributed by atoms with Gasteiger partial charge in [-0.2, -0.15) is 0 Å². The average molecular weight is 254 g/mol. The number of carbonyl (C=O) groups is 2. The largest absolute Gasteiger partial charge is 0.452 e. The predicted molar refractivity (Wildman–Crippen MR) is 60.8 cm³/mol. The monoisotopic (exact) mass is 254 g/mol. The highest BCUT2D eigenvalue weighted by Crippen LogP contribution is 2.14. The van der Waals surface area contributed by atoms with Crippen LogP contribution in [-0.2, 0) is 4.74 Å². The Kier molecular flexibility index (Phi) is 4.43. The molecule has 0 aliphatic rings. The fraction of sp³-hybridized carbons (Fsp3) is 0.111. The number of ether oxygens (including phenoxy) is 1. The van der Waals surface area contributed by atoms with E-state index in [0.29, 0.717) is 5.69 Å². The molecule has 18 heavy (non-hydrogen) atoms. The lowest BCUT2D eigenvalue weighted by atomic mass is 10.3. The number of nitrogens with one attached hydrogen (secondary N) is 3. The summed E-state index contributed by atoms with van der Waals surface area (Å²) in [4.78, 5) is 31.7. The maximum Gasteiger partial charge on any atom is 0.425 e. The van der Waals surface area contributed by atoms with Gasteiger partial charge in [0.1, 0.15) is 0 Å². The van der Waals surface area contributed by atoms with E-state index < -0.39 is 17.0 Å². The van der Waals surface area contributed by atoms with Gasteiger partial charge < -0.3 is 10.1 Å². The zero-order chi connectivity index (χ0) is 13.5. The van der Waals surface area contributed by atoms with E-state index in [0.717, 1.165) is 7.11 Å². The number of hydrazine groups is 1. The molecule has 1 aromatic carbocycles. The maximum atomic E-state index is 11.2. The Hall–Kier alpha value is -2.84. The molecule has 0 spiro atoms. The van der Waals surface area contributed by atoms with E-state index in [1.165, 1.54) is 24.3 Å². The molecule has 1 rings (SSSR count). The summed E-state index contributed by atoms with van der Waals surface area (Å²) < 4.78 is 4.23. The molecule has 0 radical (unpaired) electrons. The van der Waals surface area contributed by atoms with Gasteiger partial charge in [-0.25, -0.2) is 20.4 Å². The Morgan fingerprint density at radius 2 is 1.83 bits per heavy atom. The van der Waals surface area contributed by atoms with Crippen LogP contribution in [0.15, 0.2) is 24.3 Å². The molecular formula is C9H10N4O5. The topological polar surface area (TPSA) is 123 Å². The fourth-order valence-corrected chi connectivity index (χ4v) is 0.988. The van der Waals surface area contributed by atoms with Gasteiger partial charge >= 0.3 is 12.1 Å². The summed E-state index contributed by atoms with van der Waals surface area (Å²) in [5, 5.41) is 12.7. The minimum absolute atomic E-state index is 0.0892. The number of amides is 3. The normalized spacial score (nSPS) is 9.17. The quantitative estimate of drug-likeness (QED) is 0.536. The zero-order valence-corrected chi connectivity index (χ0v) is 9.30. The summed E-state index contributed by atoms with van der Waals surface area (Å²) in [6, 6.07) is 4.48. The van der Waals surface area contributed by atoms with E-state index >= 15 is 0 Å². The first kappa shape index (κ1) is 13.2. The lowest BCUT2D eigenvalue weighted by molar-refractivity contribution is -0.384. The Bertz CT molecular complexity index is 459. The molecule has 1 aromatic rings. The molecule has 3 amide bonds. The van der Waals surface area contributed by atoms with Gasteiger partial charge in [-0.1, -0.05) is 0 Å². The van der Waals surface area contributed by atoms with E-state index in [1.54, 1.807) is 0 Å². The first-order valence-corrected chi connectivity index (χ1v) is 4.68. The maximum absolute atomic E-state index is 11.2. The third-order valence-electron chi connectivity index (χ3n) is 1.80. The Labute approximate surface area is 101 Å². The molecule has 0 heterocycles. The lowest BCUT2D eigenvalue weighted by Crippen LogP contribution is -2.43. The van der Waals surface area contributed by atoms with Gasteiger partial charge in [0.15, 0.2) is 0 Å². The van der Waals surface area contributed by atoms with Crippen LogP contribution < -0.4 is 16.2 Å². The molecule has 0 fully saturated rings.